The lowest BCUT2D eigenvalue weighted by Gasteiger charge is -2.27. The van der Waals surface area contributed by atoms with Crippen molar-refractivity contribution in [2.45, 2.75) is 79.6 Å². The van der Waals surface area contributed by atoms with E-state index in [2.05, 4.69) is 246 Å². The molecule has 0 saturated carbocycles. The van der Waals surface area contributed by atoms with E-state index in [1.54, 1.807) is 0 Å². The number of nitrogens with zero attached hydrogens (tertiary/aromatic N) is 3. The first-order chi connectivity index (χ1) is 32.8. The number of hydrogen-bond donors (Lipinski definition) is 0. The molecule has 3 aromatic heterocycles. The lowest BCUT2D eigenvalue weighted by Crippen LogP contribution is -2.11. The molecule has 12 aromatic rings. The van der Waals surface area contributed by atoms with Crippen LogP contribution in [0.3, 0.4) is 0 Å². The molecule has 68 heavy (non-hydrogen) atoms. The largest absolute Gasteiger partial charge is 0.310 e. The predicted molar refractivity (Wildman–Crippen MR) is 297 cm³/mol. The van der Waals surface area contributed by atoms with Crippen molar-refractivity contribution in [3.8, 4) is 0 Å². The van der Waals surface area contributed by atoms with Crippen LogP contribution >= 0.6 is 11.3 Å². The number of benzene rings is 9. The van der Waals surface area contributed by atoms with Crippen LogP contribution in [0, 0.1) is 13.8 Å². The second-order valence-electron chi connectivity index (χ2n) is 20.8. The van der Waals surface area contributed by atoms with Gasteiger partial charge in [0.15, 0.2) is 0 Å². The maximum Gasteiger partial charge on any atom is 0.0641 e. The number of aromatic nitrogens is 1. The summed E-state index contributed by atoms with van der Waals surface area (Å²) < 4.78 is 5.19. The Morgan fingerprint density at radius 2 is 0.941 bits per heavy atom. The van der Waals surface area contributed by atoms with Crippen LogP contribution in [0.15, 0.2) is 170 Å². The van der Waals surface area contributed by atoms with Crippen molar-refractivity contribution in [1.29, 1.82) is 0 Å². The molecule has 3 heterocycles. The average molecular weight is 900 g/mol. The Hall–Kier alpha value is -7.14. The highest BCUT2D eigenvalue weighted by Crippen LogP contribution is 2.50. The van der Waals surface area contributed by atoms with Gasteiger partial charge in [0.2, 0.25) is 0 Å². The van der Waals surface area contributed by atoms with Gasteiger partial charge in [0, 0.05) is 75.5 Å². The van der Waals surface area contributed by atoms with E-state index in [0.29, 0.717) is 11.8 Å². The molecule has 0 bridgehead atoms. The zero-order valence-corrected chi connectivity index (χ0v) is 41.4. The minimum absolute atomic E-state index is 0.0133. The third kappa shape index (κ3) is 6.75. The first kappa shape index (κ1) is 42.2. The van der Waals surface area contributed by atoms with Crippen molar-refractivity contribution in [3.05, 3.63) is 198 Å². The van der Waals surface area contributed by atoms with Gasteiger partial charge in [-0.15, -0.1) is 11.3 Å². The fraction of sp³-hybridized carbons (Fsp3) is 0.188. The van der Waals surface area contributed by atoms with Gasteiger partial charge >= 0.3 is 0 Å². The molecule has 0 saturated heterocycles. The number of thiophene rings is 1. The van der Waals surface area contributed by atoms with Crippen LogP contribution in [0.2, 0.25) is 0 Å². The summed E-state index contributed by atoms with van der Waals surface area (Å²) in [7, 11) is 0. The van der Waals surface area contributed by atoms with Crippen molar-refractivity contribution in [2.75, 3.05) is 9.80 Å². The third-order valence-corrected chi connectivity index (χ3v) is 15.7. The first-order valence-corrected chi connectivity index (χ1v) is 25.1. The zero-order valence-electron chi connectivity index (χ0n) is 40.6. The minimum atomic E-state index is -0.0133. The van der Waals surface area contributed by atoms with E-state index in [1.807, 2.05) is 11.3 Å². The summed E-state index contributed by atoms with van der Waals surface area (Å²) in [5.74, 6) is 0.934. The summed E-state index contributed by atoms with van der Waals surface area (Å²) in [6.45, 7) is 20.4. The van der Waals surface area contributed by atoms with Crippen LogP contribution in [0.1, 0.15) is 88.1 Å². The van der Waals surface area contributed by atoms with Crippen LogP contribution in [-0.2, 0) is 5.41 Å². The lowest BCUT2D eigenvalue weighted by molar-refractivity contribution is 0.591. The van der Waals surface area contributed by atoms with Gasteiger partial charge in [0.25, 0.3) is 0 Å². The van der Waals surface area contributed by atoms with Gasteiger partial charge in [-0.25, -0.2) is 0 Å². The summed E-state index contributed by atoms with van der Waals surface area (Å²) in [6, 6.07) is 64.9. The zero-order chi connectivity index (χ0) is 46.7. The maximum atomic E-state index is 2.60. The minimum Gasteiger partial charge on any atom is -0.310 e. The molecule has 0 radical (unpaired) electrons. The number of fused-ring (bicyclic) bond motifs is 11. The van der Waals surface area contributed by atoms with Gasteiger partial charge in [-0.2, -0.15) is 0 Å². The molecule has 0 aliphatic rings. The molecule has 334 valence electrons. The number of rotatable bonds is 8. The molecule has 0 fully saturated rings. The fourth-order valence-electron chi connectivity index (χ4n) is 10.7. The molecule has 3 nitrogen and oxygen atoms in total. The van der Waals surface area contributed by atoms with Gasteiger partial charge in [-0.05, 0) is 144 Å². The molecule has 0 spiro atoms. The van der Waals surface area contributed by atoms with Crippen LogP contribution in [0.25, 0.3) is 69.0 Å². The van der Waals surface area contributed by atoms with Crippen LogP contribution < -0.4 is 9.80 Å². The van der Waals surface area contributed by atoms with E-state index in [9.17, 15) is 0 Å². The number of hydrogen-bond acceptors (Lipinski definition) is 3. The van der Waals surface area contributed by atoms with E-state index in [0.717, 1.165) is 28.4 Å². The summed E-state index contributed by atoms with van der Waals surface area (Å²) in [4.78, 5) is 4.88. The van der Waals surface area contributed by atoms with Gasteiger partial charge in [0.05, 0.1) is 22.2 Å². The quantitative estimate of drug-likeness (QED) is 0.150. The van der Waals surface area contributed by atoms with Crippen molar-refractivity contribution >= 4 is 115 Å². The topological polar surface area (TPSA) is 10.9 Å². The van der Waals surface area contributed by atoms with Crippen molar-refractivity contribution in [3.63, 3.8) is 0 Å². The Labute approximate surface area is 403 Å². The van der Waals surface area contributed by atoms with Crippen LogP contribution in [0.4, 0.5) is 34.1 Å². The fourth-order valence-corrected chi connectivity index (χ4v) is 11.8. The van der Waals surface area contributed by atoms with E-state index in [-0.39, 0.29) is 5.41 Å². The van der Waals surface area contributed by atoms with Crippen LogP contribution in [-0.4, -0.2) is 4.40 Å². The Balaban J connectivity index is 1.09. The highest BCUT2D eigenvalue weighted by Gasteiger charge is 2.27. The summed E-state index contributed by atoms with van der Waals surface area (Å²) >= 11 is 1.90. The molecule has 9 aromatic carbocycles. The number of aryl methyl sites for hydroxylation is 2. The summed E-state index contributed by atoms with van der Waals surface area (Å²) in [5, 5.41) is 10.3. The second kappa shape index (κ2) is 15.7. The molecule has 4 heteroatoms. The lowest BCUT2D eigenvalue weighted by atomic mass is 9.86. The smallest absolute Gasteiger partial charge is 0.0641 e. The number of anilines is 6. The Morgan fingerprint density at radius 3 is 1.53 bits per heavy atom. The molecule has 12 rings (SSSR count). The van der Waals surface area contributed by atoms with Gasteiger partial charge < -0.3 is 14.2 Å². The molecule has 0 aliphatic heterocycles. The summed E-state index contributed by atoms with van der Waals surface area (Å²) in [5.41, 5.74) is 17.3. The third-order valence-electron chi connectivity index (χ3n) is 14.6. The molecular formula is C64H57N3S. The highest BCUT2D eigenvalue weighted by atomic mass is 32.1. The maximum absolute atomic E-state index is 2.60. The Bertz CT molecular complexity index is 3880. The van der Waals surface area contributed by atoms with E-state index < -0.39 is 0 Å². The van der Waals surface area contributed by atoms with Crippen molar-refractivity contribution < 1.29 is 0 Å². The van der Waals surface area contributed by atoms with Gasteiger partial charge in [-0.1, -0.05) is 138 Å². The normalized spacial score (nSPS) is 12.5. The van der Waals surface area contributed by atoms with E-state index >= 15 is 0 Å². The monoisotopic (exact) mass is 899 g/mol. The van der Waals surface area contributed by atoms with E-state index in [1.165, 1.54) is 103 Å². The standard InChI is InChI=1S/C64H57N3S/c1-38(2)42-14-24-47(25-15-42)65(46-20-10-40(5)11-21-46)50-28-30-51-55-34-44-18-29-52-53-31-33-58(66(48-22-12-41(6)13-23-48)49-26-16-43(17-27-49)39(3)4)61-56-35-45(64(7,8)9)19-32-57(56)67(63(53)61)62(52)54(44)37-60(55)68-59(51)36-50/h10-39H,1-9H3. The Kier molecular flexibility index (Phi) is 9.76. The second-order valence-corrected chi connectivity index (χ2v) is 21.9. The highest BCUT2D eigenvalue weighted by molar-refractivity contribution is 7.26. The molecule has 0 atom stereocenters. The molecule has 0 N–H and O–H groups in total. The summed E-state index contributed by atoms with van der Waals surface area (Å²) in [6.07, 6.45) is 0. The molecule has 0 unspecified atom stereocenters. The SMILES string of the molecule is Cc1ccc(N(c2ccc(C(C)C)cc2)c2ccc3c(c2)sc2cc4c(ccc5c6ccc(N(c7ccc(C)cc7)c7ccc(C(C)C)cc7)c7c8cc(C(C)(C)C)ccc8n(c45)c67)cc23)cc1. The van der Waals surface area contributed by atoms with E-state index in [4.69, 9.17) is 0 Å². The van der Waals surface area contributed by atoms with Crippen molar-refractivity contribution in [2.24, 2.45) is 0 Å². The van der Waals surface area contributed by atoms with Gasteiger partial charge in [-0.3, -0.25) is 0 Å². The first-order valence-electron chi connectivity index (χ1n) is 24.3. The predicted octanol–water partition coefficient (Wildman–Crippen LogP) is 19.5. The molecule has 0 amide bonds. The average Bonchev–Trinajstić information content (AvgIpc) is 3.99. The Morgan fingerprint density at radius 1 is 0.426 bits per heavy atom. The molecule has 0 aliphatic carbocycles. The molecular weight excluding hydrogens is 843 g/mol. The van der Waals surface area contributed by atoms with Crippen molar-refractivity contribution in [1.82, 2.24) is 4.40 Å². The van der Waals surface area contributed by atoms with Crippen LogP contribution in [0.5, 0.6) is 0 Å². The van der Waals surface area contributed by atoms with Gasteiger partial charge in [0.1, 0.15) is 0 Å².